The molecule has 0 aromatic rings. The van der Waals surface area contributed by atoms with E-state index in [1.165, 1.54) is 0 Å². The molecule has 12 heterocycles. The Morgan fingerprint density at radius 1 is 0.389 bits per heavy atom. The molecule has 12 saturated heterocycles. The fraction of sp³-hybridized carbons (Fsp3) is 0.881. The molecule has 28 heteroatoms. The van der Waals surface area contributed by atoms with Crippen molar-refractivity contribution in [2.24, 2.45) is 75.9 Å². The standard InChI is InChI=1S/C67H96O28/c1-35-11-13-44-38(4)54(84-57-65(44)41(35)24-28-61(8,87-57)90-93-65)81-51(74)20-17-48(71)78-32-64(31-77-47(70)16-15-46(68)69,33-79-49(72)18-21-52(75)82-55-39(5)45-14-12-36(2)42-25-29-62(9)88-58(85-55)66(42,45)94-91-62)34-80-50(73)19-22-53(76)83-56-40(6)60(7)27-23-37(3)43-26-30-63(10)89-59(86-56)67(43,60)95-92-63/h35-45,54-59H,11-34H2,1-10H3,(H,68,69)/t35-,36-,37-,38-,39-,40+,41+,42+,43+,44+,45+,54-,55-,56-,57-,58-,59-,60+,61+,62+,63+,65-,66-,67+/m1/s1. The third kappa shape index (κ3) is 13.1. The van der Waals surface area contributed by atoms with Crippen molar-refractivity contribution in [1.82, 2.24) is 0 Å². The largest absolute Gasteiger partial charge is 0.481 e. The van der Waals surface area contributed by atoms with Gasteiger partial charge in [0.25, 0.3) is 0 Å². The zero-order valence-corrected chi connectivity index (χ0v) is 56.3. The van der Waals surface area contributed by atoms with Crippen LogP contribution in [0.4, 0.5) is 0 Å². The van der Waals surface area contributed by atoms with Crippen LogP contribution >= 0.6 is 0 Å². The van der Waals surface area contributed by atoms with Crippen LogP contribution in [0, 0.1) is 75.9 Å². The van der Waals surface area contributed by atoms with Gasteiger partial charge in [-0.1, -0.05) is 48.5 Å². The highest BCUT2D eigenvalue weighted by atomic mass is 17.3. The highest BCUT2D eigenvalue weighted by molar-refractivity contribution is 5.79. The lowest BCUT2D eigenvalue weighted by molar-refractivity contribution is -0.586. The van der Waals surface area contributed by atoms with E-state index in [-0.39, 0.29) is 47.3 Å². The first-order valence-corrected chi connectivity index (χ1v) is 34.5. The van der Waals surface area contributed by atoms with E-state index in [0.29, 0.717) is 37.5 Å². The van der Waals surface area contributed by atoms with Crippen LogP contribution in [-0.4, -0.2) is 151 Å². The summed E-state index contributed by atoms with van der Waals surface area (Å²) in [6, 6.07) is 0. The summed E-state index contributed by atoms with van der Waals surface area (Å²) in [5.41, 5.74) is -5.36. The second-order valence-corrected chi connectivity index (χ2v) is 30.5. The number of esters is 7. The molecule has 6 bridgehead atoms. The zero-order chi connectivity index (χ0) is 67.8. The van der Waals surface area contributed by atoms with E-state index >= 15 is 0 Å². The minimum Gasteiger partial charge on any atom is -0.481 e. The maximum Gasteiger partial charge on any atom is 0.308 e. The maximum absolute atomic E-state index is 13.8. The summed E-state index contributed by atoms with van der Waals surface area (Å²) in [5, 5.41) is 9.37. The Hall–Kier alpha value is -4.72. The lowest BCUT2D eigenvalue weighted by Crippen LogP contribution is -2.74. The Labute approximate surface area is 552 Å². The summed E-state index contributed by atoms with van der Waals surface area (Å²) in [6.07, 6.45) is -1.34. The van der Waals surface area contributed by atoms with Gasteiger partial charge in [0.05, 0.1) is 51.4 Å². The van der Waals surface area contributed by atoms with Crippen molar-refractivity contribution < 1.29 is 134 Å². The highest BCUT2D eigenvalue weighted by Crippen LogP contribution is 2.67. The summed E-state index contributed by atoms with van der Waals surface area (Å²) in [5.74, 6) is -11.3. The second-order valence-electron chi connectivity index (χ2n) is 30.5. The van der Waals surface area contributed by atoms with Gasteiger partial charge in [-0.3, -0.25) is 38.4 Å². The van der Waals surface area contributed by atoms with Gasteiger partial charge in [-0.05, 0) is 114 Å². The van der Waals surface area contributed by atoms with Gasteiger partial charge < -0.3 is 66.7 Å². The van der Waals surface area contributed by atoms with Crippen LogP contribution in [0.3, 0.4) is 0 Å². The first-order chi connectivity index (χ1) is 45.0. The van der Waals surface area contributed by atoms with Crippen LogP contribution < -0.4 is 0 Å². The number of hydrogen-bond donors (Lipinski definition) is 1. The normalized spacial score (nSPS) is 44.7. The van der Waals surface area contributed by atoms with Crippen LogP contribution in [0.1, 0.15) is 198 Å². The van der Waals surface area contributed by atoms with Gasteiger partial charge in [0.2, 0.25) is 36.2 Å². The quantitative estimate of drug-likeness (QED) is 0.0575. The van der Waals surface area contributed by atoms with Crippen molar-refractivity contribution >= 4 is 47.8 Å². The van der Waals surface area contributed by atoms with Crippen molar-refractivity contribution in [3.63, 3.8) is 0 Å². The summed E-state index contributed by atoms with van der Waals surface area (Å²) in [4.78, 5) is 144. The minimum atomic E-state index is -1.93. The Bertz CT molecular complexity index is 2810. The molecule has 15 aliphatic rings. The number of hydrogen-bond acceptors (Lipinski definition) is 27. The van der Waals surface area contributed by atoms with E-state index < -0.39 is 214 Å². The molecule has 28 nitrogen and oxygen atoms in total. The molecule has 15 fully saturated rings. The molecular weight excluding hydrogens is 1250 g/mol. The van der Waals surface area contributed by atoms with Gasteiger partial charge in [-0.15, -0.1) is 0 Å². The highest BCUT2D eigenvalue weighted by Gasteiger charge is 2.76. The van der Waals surface area contributed by atoms with Crippen molar-refractivity contribution in [1.29, 1.82) is 0 Å². The molecule has 0 radical (unpaired) electrons. The Balaban J connectivity index is 0.702. The van der Waals surface area contributed by atoms with Gasteiger partial charge >= 0.3 is 47.8 Å². The minimum absolute atomic E-state index is 0.0316. The molecule has 24 atom stereocenters. The van der Waals surface area contributed by atoms with Gasteiger partial charge in [0, 0.05) is 54.3 Å². The van der Waals surface area contributed by atoms with Crippen LogP contribution in [0.5, 0.6) is 0 Å². The molecule has 95 heavy (non-hydrogen) atoms. The molecule has 0 amide bonds. The number of carboxylic acids is 1. The first kappa shape index (κ1) is 70.2. The fourth-order valence-electron chi connectivity index (χ4n) is 18.2. The molecule has 0 unspecified atom stereocenters. The van der Waals surface area contributed by atoms with E-state index in [4.69, 9.17) is 90.9 Å². The number of carbonyl (C=O) groups excluding carboxylic acids is 7. The molecule has 0 aromatic carbocycles. The van der Waals surface area contributed by atoms with E-state index in [2.05, 4.69) is 27.7 Å². The monoisotopic (exact) mass is 1350 g/mol. The predicted molar refractivity (Wildman–Crippen MR) is 314 cm³/mol. The number of carbonyl (C=O) groups is 8. The van der Waals surface area contributed by atoms with Crippen LogP contribution in [0.25, 0.3) is 0 Å². The van der Waals surface area contributed by atoms with Crippen LogP contribution in [0.15, 0.2) is 0 Å². The lowest BCUT2D eigenvalue weighted by Gasteiger charge is -2.65. The van der Waals surface area contributed by atoms with E-state index in [9.17, 15) is 43.5 Å². The lowest BCUT2D eigenvalue weighted by atomic mass is 9.50. The molecule has 3 aliphatic carbocycles. The number of ether oxygens (including phenoxy) is 13. The maximum atomic E-state index is 13.8. The zero-order valence-electron chi connectivity index (χ0n) is 56.3. The van der Waals surface area contributed by atoms with Gasteiger partial charge in [-0.25, -0.2) is 29.3 Å². The summed E-state index contributed by atoms with van der Waals surface area (Å²) in [6.45, 7) is 16.5. The number of aliphatic carboxylic acids is 1. The Kier molecular flexibility index (Phi) is 19.8. The molecule has 0 aromatic heterocycles. The topological polar surface area (TPSA) is 332 Å². The molecular formula is C67H96O28. The molecule has 15 rings (SSSR count). The first-order valence-electron chi connectivity index (χ1n) is 34.5. The SMILES string of the molecule is C[C@H]1[C@H](OC(=O)CCC(=O)OCC(COC(=O)CCC(=O)O)(COC(=O)CCC(=O)O[C@@H]2O[C@@H]3O[C@]4(C)CC[C@H]5[C@H](C)CC[C@@H]([C@H]2C)[C@@]35OO4)COC(=O)CCC(=O)O[C@@H]2O[C@@H]3O[C@]4(C)CC[C@H]5[C@H](C)CC[C@@](C)([C@H]2C)[C@@]35OO4)O[C@@H]2O[C@]3(C)CC[C@H]4[C@H](C)CC[C@@H]1[C@@]24OO3. The summed E-state index contributed by atoms with van der Waals surface area (Å²) < 4.78 is 79.0. The summed E-state index contributed by atoms with van der Waals surface area (Å²) in [7, 11) is 0. The molecule has 532 valence electrons. The third-order valence-electron chi connectivity index (χ3n) is 24.1. The second kappa shape index (κ2) is 26.7. The van der Waals surface area contributed by atoms with Gasteiger partial charge in [-0.2, -0.15) is 0 Å². The van der Waals surface area contributed by atoms with Crippen molar-refractivity contribution in [3.05, 3.63) is 0 Å². The molecule has 12 aliphatic heterocycles. The number of rotatable bonds is 23. The Morgan fingerprint density at radius 3 is 1.18 bits per heavy atom. The smallest absolute Gasteiger partial charge is 0.308 e. The average molecular weight is 1350 g/mol. The predicted octanol–water partition coefficient (Wildman–Crippen LogP) is 7.99. The molecule has 3 spiro atoms. The number of carboxylic acid groups (broad SMARTS) is 1. The van der Waals surface area contributed by atoms with E-state index in [1.807, 2.05) is 20.8 Å². The Morgan fingerprint density at radius 2 is 0.747 bits per heavy atom. The number of fused-ring (bicyclic) bond motifs is 6. The average Bonchev–Trinajstić information content (AvgIpc) is 1.69. The van der Waals surface area contributed by atoms with E-state index in [0.717, 1.165) is 51.4 Å². The fourth-order valence-corrected chi connectivity index (χ4v) is 18.2. The van der Waals surface area contributed by atoms with Crippen LogP contribution in [-0.2, 0) is 129 Å². The van der Waals surface area contributed by atoms with Crippen molar-refractivity contribution in [2.45, 2.75) is 270 Å². The molecule has 1 N–H and O–H groups in total. The van der Waals surface area contributed by atoms with Crippen molar-refractivity contribution in [2.75, 3.05) is 26.4 Å². The van der Waals surface area contributed by atoms with Crippen molar-refractivity contribution in [3.8, 4) is 0 Å². The van der Waals surface area contributed by atoms with Gasteiger partial charge in [0.15, 0.2) is 35.7 Å². The van der Waals surface area contributed by atoms with Crippen LogP contribution in [0.2, 0.25) is 0 Å². The summed E-state index contributed by atoms with van der Waals surface area (Å²) >= 11 is 0. The third-order valence-corrected chi connectivity index (χ3v) is 24.1. The van der Waals surface area contributed by atoms with E-state index in [1.54, 1.807) is 20.8 Å². The van der Waals surface area contributed by atoms with Gasteiger partial charge in [0.1, 0.15) is 31.8 Å². The molecule has 3 saturated carbocycles.